The zero-order valence-corrected chi connectivity index (χ0v) is 17.1. The zero-order chi connectivity index (χ0) is 19.3. The average molecular weight is 391 g/mol. The van der Waals surface area contributed by atoms with Crippen LogP contribution < -0.4 is 10.6 Å². The molecule has 0 aromatic carbocycles. The molecule has 1 atom stereocenters. The number of nitrogens with one attached hydrogen (secondary N) is 2. The lowest BCUT2D eigenvalue weighted by Crippen LogP contribution is -2.43. The lowest BCUT2D eigenvalue weighted by atomic mass is 9.81. The molecule has 1 aromatic rings. The predicted octanol–water partition coefficient (Wildman–Crippen LogP) is 2.30. The van der Waals surface area contributed by atoms with Crippen molar-refractivity contribution in [1.29, 1.82) is 0 Å². The summed E-state index contributed by atoms with van der Waals surface area (Å²) in [6, 6.07) is 3.57. The van der Waals surface area contributed by atoms with Gasteiger partial charge in [-0.2, -0.15) is 0 Å². The molecule has 7 heteroatoms. The second-order valence-electron chi connectivity index (χ2n) is 7.89. The number of pyridine rings is 1. The van der Waals surface area contributed by atoms with Crippen molar-refractivity contribution < 1.29 is 9.59 Å². The summed E-state index contributed by atoms with van der Waals surface area (Å²) >= 11 is 1.38. The van der Waals surface area contributed by atoms with Crippen molar-refractivity contribution >= 4 is 23.6 Å². The van der Waals surface area contributed by atoms with Gasteiger partial charge in [-0.1, -0.05) is 18.7 Å². The van der Waals surface area contributed by atoms with E-state index in [1.165, 1.54) is 11.8 Å². The van der Waals surface area contributed by atoms with E-state index < -0.39 is 0 Å². The van der Waals surface area contributed by atoms with Crippen LogP contribution in [-0.2, 0) is 4.79 Å². The van der Waals surface area contributed by atoms with Crippen molar-refractivity contribution in [3.63, 3.8) is 0 Å². The van der Waals surface area contributed by atoms with Crippen molar-refractivity contribution in [3.05, 3.63) is 23.9 Å². The third-order valence-corrected chi connectivity index (χ3v) is 6.66. The minimum atomic E-state index is -0.244. The Kier molecular flexibility index (Phi) is 6.76. The van der Waals surface area contributed by atoms with Gasteiger partial charge in [-0.05, 0) is 63.2 Å². The fourth-order valence-corrected chi connectivity index (χ4v) is 4.66. The number of carbonyl (C=O) groups is 2. The summed E-state index contributed by atoms with van der Waals surface area (Å²) in [7, 11) is 0. The number of piperidine rings is 1. The van der Waals surface area contributed by atoms with E-state index in [0.717, 1.165) is 51.9 Å². The van der Waals surface area contributed by atoms with E-state index in [1.54, 1.807) is 18.3 Å². The van der Waals surface area contributed by atoms with Crippen LogP contribution in [0.25, 0.3) is 0 Å². The van der Waals surface area contributed by atoms with Crippen LogP contribution in [0, 0.1) is 5.41 Å². The number of nitrogens with zero attached hydrogens (tertiary/aromatic N) is 2. The summed E-state index contributed by atoms with van der Waals surface area (Å²) in [6.45, 7) is 8.46. The number of likely N-dealkylation sites (tertiary alicyclic amines) is 1. The zero-order valence-electron chi connectivity index (χ0n) is 16.3. The van der Waals surface area contributed by atoms with Gasteiger partial charge in [0.15, 0.2) is 0 Å². The maximum Gasteiger partial charge on any atom is 0.254 e. The highest BCUT2D eigenvalue weighted by atomic mass is 32.2. The molecule has 0 radical (unpaired) electrons. The first-order chi connectivity index (χ1) is 13.0. The van der Waals surface area contributed by atoms with Crippen LogP contribution in [0.5, 0.6) is 0 Å². The van der Waals surface area contributed by atoms with Crippen LogP contribution in [0.3, 0.4) is 0 Å². The lowest BCUT2D eigenvalue weighted by Gasteiger charge is -2.34. The van der Waals surface area contributed by atoms with Crippen molar-refractivity contribution in [3.8, 4) is 0 Å². The van der Waals surface area contributed by atoms with E-state index in [1.807, 2.05) is 11.8 Å². The van der Waals surface area contributed by atoms with Gasteiger partial charge in [-0.3, -0.25) is 9.59 Å². The number of aromatic nitrogens is 1. The molecular formula is C20H30N4O2S. The fraction of sp³-hybridized carbons (Fsp3) is 0.650. The monoisotopic (exact) mass is 390 g/mol. The van der Waals surface area contributed by atoms with E-state index >= 15 is 0 Å². The Morgan fingerprint density at radius 1 is 1.33 bits per heavy atom. The molecule has 2 aliphatic rings. The van der Waals surface area contributed by atoms with Crippen LogP contribution in [0.2, 0.25) is 0 Å². The number of hydrogen-bond donors (Lipinski definition) is 2. The molecule has 0 saturated carbocycles. The third kappa shape index (κ3) is 5.23. The molecule has 148 valence electrons. The van der Waals surface area contributed by atoms with Gasteiger partial charge in [0.1, 0.15) is 5.03 Å². The Morgan fingerprint density at radius 3 is 2.74 bits per heavy atom. The third-order valence-electron chi connectivity index (χ3n) is 5.56. The molecule has 6 nitrogen and oxygen atoms in total. The Bertz CT molecular complexity index is 670. The maximum atomic E-state index is 12.8. The standard InChI is InChI=1S/C20H30N4O2S/c1-15(19(26)24-12-3-4-13-24)27-18-16(6-5-9-22-18)17(25)23-14-20(2)7-10-21-11-8-20/h5-6,9,15,21H,3-4,7-8,10-14H2,1-2H3,(H,23,25). The number of hydrogen-bond acceptors (Lipinski definition) is 5. The molecule has 0 bridgehead atoms. The highest BCUT2D eigenvalue weighted by Gasteiger charge is 2.29. The van der Waals surface area contributed by atoms with Gasteiger partial charge in [-0.15, -0.1) is 0 Å². The predicted molar refractivity (Wildman–Crippen MR) is 108 cm³/mol. The highest BCUT2D eigenvalue weighted by Crippen LogP contribution is 2.29. The van der Waals surface area contributed by atoms with E-state index in [9.17, 15) is 9.59 Å². The second kappa shape index (κ2) is 9.06. The molecule has 1 unspecified atom stereocenters. The first kappa shape index (κ1) is 20.1. The number of carbonyl (C=O) groups excluding carboxylic acids is 2. The molecule has 0 spiro atoms. The lowest BCUT2D eigenvalue weighted by molar-refractivity contribution is -0.129. The SMILES string of the molecule is CC(Sc1ncccc1C(=O)NCC1(C)CCNCC1)C(=O)N1CCCC1. The Labute approximate surface area is 165 Å². The van der Waals surface area contributed by atoms with E-state index in [0.29, 0.717) is 17.1 Å². The summed E-state index contributed by atoms with van der Waals surface area (Å²) in [5.74, 6) is 0.0305. The summed E-state index contributed by atoms with van der Waals surface area (Å²) in [5, 5.41) is 6.84. The van der Waals surface area contributed by atoms with Crippen LogP contribution in [-0.4, -0.2) is 59.7 Å². The summed E-state index contributed by atoms with van der Waals surface area (Å²) < 4.78 is 0. The Morgan fingerprint density at radius 2 is 2.04 bits per heavy atom. The van der Waals surface area contributed by atoms with Crippen molar-refractivity contribution in [2.24, 2.45) is 5.41 Å². The first-order valence-electron chi connectivity index (χ1n) is 9.88. The van der Waals surface area contributed by atoms with Crippen molar-refractivity contribution in [1.82, 2.24) is 20.5 Å². The molecule has 27 heavy (non-hydrogen) atoms. The molecule has 2 fully saturated rings. The molecular weight excluding hydrogens is 360 g/mol. The second-order valence-corrected chi connectivity index (χ2v) is 9.22. The van der Waals surface area contributed by atoms with Gasteiger partial charge in [-0.25, -0.2) is 4.98 Å². The highest BCUT2D eigenvalue weighted by molar-refractivity contribution is 8.00. The van der Waals surface area contributed by atoms with Crippen molar-refractivity contribution in [2.45, 2.75) is 49.8 Å². The smallest absolute Gasteiger partial charge is 0.254 e. The topological polar surface area (TPSA) is 74.3 Å². The molecule has 0 aliphatic carbocycles. The molecule has 2 saturated heterocycles. The minimum Gasteiger partial charge on any atom is -0.351 e. The molecule has 1 aromatic heterocycles. The van der Waals surface area contributed by atoms with Gasteiger partial charge in [0, 0.05) is 25.8 Å². The summed E-state index contributed by atoms with van der Waals surface area (Å²) in [6.07, 6.45) is 5.95. The van der Waals surface area contributed by atoms with Gasteiger partial charge in [0.25, 0.3) is 5.91 Å². The molecule has 2 N–H and O–H groups in total. The normalized spacial score (nSPS) is 20.3. The van der Waals surface area contributed by atoms with Crippen LogP contribution in [0.4, 0.5) is 0 Å². The van der Waals surface area contributed by atoms with Crippen LogP contribution >= 0.6 is 11.8 Å². The van der Waals surface area contributed by atoms with Crippen LogP contribution in [0.15, 0.2) is 23.4 Å². The van der Waals surface area contributed by atoms with E-state index in [2.05, 4.69) is 22.5 Å². The van der Waals surface area contributed by atoms with E-state index in [4.69, 9.17) is 0 Å². The number of amides is 2. The number of thioether (sulfide) groups is 1. The molecule has 2 amide bonds. The first-order valence-corrected chi connectivity index (χ1v) is 10.8. The van der Waals surface area contributed by atoms with Crippen molar-refractivity contribution in [2.75, 3.05) is 32.7 Å². The average Bonchev–Trinajstić information content (AvgIpc) is 3.21. The Balaban J connectivity index is 1.62. The van der Waals surface area contributed by atoms with Gasteiger partial charge < -0.3 is 15.5 Å². The largest absolute Gasteiger partial charge is 0.351 e. The van der Waals surface area contributed by atoms with Gasteiger partial charge in [0.05, 0.1) is 10.8 Å². The summed E-state index contributed by atoms with van der Waals surface area (Å²) in [4.78, 5) is 31.7. The maximum absolute atomic E-state index is 12.8. The van der Waals surface area contributed by atoms with E-state index in [-0.39, 0.29) is 22.5 Å². The quantitative estimate of drug-likeness (QED) is 0.729. The molecule has 3 heterocycles. The fourth-order valence-electron chi connectivity index (χ4n) is 3.67. The Hall–Kier alpha value is -1.60. The van der Waals surface area contributed by atoms with Gasteiger partial charge in [0.2, 0.25) is 5.91 Å². The van der Waals surface area contributed by atoms with Gasteiger partial charge >= 0.3 is 0 Å². The minimum absolute atomic E-state index is 0.105. The molecule has 2 aliphatic heterocycles. The summed E-state index contributed by atoms with van der Waals surface area (Å²) in [5.41, 5.74) is 0.691. The molecule has 3 rings (SSSR count). The number of rotatable bonds is 6. The van der Waals surface area contributed by atoms with Crippen LogP contribution in [0.1, 0.15) is 49.9 Å².